The fraction of sp³-hybridized carbons (Fsp3) is 0.333. The molecule has 0 bridgehead atoms. The van der Waals surface area contributed by atoms with E-state index in [1.807, 2.05) is 29.8 Å². The summed E-state index contributed by atoms with van der Waals surface area (Å²) in [5, 5.41) is 8.61. The highest BCUT2D eigenvalue weighted by atomic mass is 16.5. The standard InChI is InChI=1S/C15H18N2O3/c1-12-4-5-14(20-8-2-3-15(18)19)13(9-12)10-17-7-6-16-11-17/h4-7,9,11H,2-3,8,10H2,1H3,(H,18,19). The zero-order valence-electron chi connectivity index (χ0n) is 11.5. The molecular weight excluding hydrogens is 256 g/mol. The largest absolute Gasteiger partial charge is 0.493 e. The molecule has 0 spiro atoms. The van der Waals surface area contributed by atoms with Crippen molar-refractivity contribution < 1.29 is 14.6 Å². The molecule has 5 nitrogen and oxygen atoms in total. The van der Waals surface area contributed by atoms with Gasteiger partial charge in [0.05, 0.1) is 19.5 Å². The molecule has 2 aromatic rings. The van der Waals surface area contributed by atoms with Gasteiger partial charge in [-0.15, -0.1) is 0 Å². The normalized spacial score (nSPS) is 10.4. The first-order chi connectivity index (χ1) is 9.65. The summed E-state index contributed by atoms with van der Waals surface area (Å²) in [6.45, 7) is 3.13. The van der Waals surface area contributed by atoms with Gasteiger partial charge >= 0.3 is 5.97 Å². The Kier molecular flexibility index (Phi) is 4.76. The second-order valence-electron chi connectivity index (χ2n) is 4.69. The number of carboxylic acids is 1. The van der Waals surface area contributed by atoms with Crippen LogP contribution in [-0.2, 0) is 11.3 Å². The number of hydrogen-bond donors (Lipinski definition) is 1. The van der Waals surface area contributed by atoms with Gasteiger partial charge in [-0.2, -0.15) is 0 Å². The van der Waals surface area contributed by atoms with Gasteiger partial charge in [0.2, 0.25) is 0 Å². The van der Waals surface area contributed by atoms with Gasteiger partial charge in [0, 0.05) is 24.4 Å². The molecule has 2 rings (SSSR count). The molecule has 20 heavy (non-hydrogen) atoms. The molecular formula is C15H18N2O3. The van der Waals surface area contributed by atoms with Gasteiger partial charge in [-0.05, 0) is 19.4 Å². The van der Waals surface area contributed by atoms with Crippen LogP contribution in [0.5, 0.6) is 5.75 Å². The molecule has 0 amide bonds. The minimum Gasteiger partial charge on any atom is -0.493 e. The molecule has 0 radical (unpaired) electrons. The summed E-state index contributed by atoms with van der Waals surface area (Å²) in [6, 6.07) is 6.00. The first kappa shape index (κ1) is 14.1. The number of carboxylic acid groups (broad SMARTS) is 1. The Morgan fingerprint density at radius 3 is 3.00 bits per heavy atom. The molecule has 0 aliphatic rings. The molecule has 1 aromatic carbocycles. The Morgan fingerprint density at radius 2 is 2.30 bits per heavy atom. The lowest BCUT2D eigenvalue weighted by Gasteiger charge is -2.12. The number of aryl methyl sites for hydroxylation is 1. The van der Waals surface area contributed by atoms with Crippen LogP contribution in [0.2, 0.25) is 0 Å². The molecule has 0 aliphatic carbocycles. The minimum atomic E-state index is -0.795. The van der Waals surface area contributed by atoms with Crippen molar-refractivity contribution in [1.82, 2.24) is 9.55 Å². The van der Waals surface area contributed by atoms with E-state index in [-0.39, 0.29) is 6.42 Å². The van der Waals surface area contributed by atoms with Crippen LogP contribution in [0.3, 0.4) is 0 Å². The monoisotopic (exact) mass is 274 g/mol. The number of nitrogens with zero attached hydrogens (tertiary/aromatic N) is 2. The van der Waals surface area contributed by atoms with Gasteiger partial charge in [-0.3, -0.25) is 4.79 Å². The lowest BCUT2D eigenvalue weighted by molar-refractivity contribution is -0.137. The summed E-state index contributed by atoms with van der Waals surface area (Å²) in [7, 11) is 0. The van der Waals surface area contributed by atoms with E-state index in [9.17, 15) is 4.79 Å². The lowest BCUT2D eigenvalue weighted by atomic mass is 10.1. The third-order valence-corrected chi connectivity index (χ3v) is 2.92. The number of rotatable bonds is 7. The summed E-state index contributed by atoms with van der Waals surface area (Å²) in [5.74, 6) is 0.00540. The number of carbonyl (C=O) groups is 1. The van der Waals surface area contributed by atoms with Crippen molar-refractivity contribution in [2.75, 3.05) is 6.61 Å². The molecule has 0 saturated carbocycles. The molecule has 0 unspecified atom stereocenters. The first-order valence-electron chi connectivity index (χ1n) is 6.55. The van der Waals surface area contributed by atoms with Crippen LogP contribution < -0.4 is 4.74 Å². The third-order valence-electron chi connectivity index (χ3n) is 2.92. The van der Waals surface area contributed by atoms with E-state index in [0.717, 1.165) is 16.9 Å². The molecule has 1 N–H and O–H groups in total. The van der Waals surface area contributed by atoms with E-state index in [1.165, 1.54) is 0 Å². The molecule has 0 fully saturated rings. The van der Waals surface area contributed by atoms with Gasteiger partial charge < -0.3 is 14.4 Å². The number of aromatic nitrogens is 2. The smallest absolute Gasteiger partial charge is 0.303 e. The van der Waals surface area contributed by atoms with Crippen LogP contribution in [-0.4, -0.2) is 27.2 Å². The summed E-state index contributed by atoms with van der Waals surface area (Å²) in [6.07, 6.45) is 6.03. The van der Waals surface area contributed by atoms with Crippen molar-refractivity contribution in [2.24, 2.45) is 0 Å². The van der Waals surface area contributed by atoms with E-state index >= 15 is 0 Å². The number of imidazole rings is 1. The molecule has 5 heteroatoms. The van der Waals surface area contributed by atoms with Gasteiger partial charge in [0.15, 0.2) is 0 Å². The summed E-state index contributed by atoms with van der Waals surface area (Å²) >= 11 is 0. The average Bonchev–Trinajstić information content (AvgIpc) is 2.89. The maximum absolute atomic E-state index is 10.5. The van der Waals surface area contributed by atoms with Crippen LogP contribution in [0.4, 0.5) is 0 Å². The lowest BCUT2D eigenvalue weighted by Crippen LogP contribution is -2.05. The molecule has 0 aliphatic heterocycles. The molecule has 1 heterocycles. The minimum absolute atomic E-state index is 0.128. The predicted octanol–water partition coefficient (Wildman–Crippen LogP) is 2.48. The quantitative estimate of drug-likeness (QED) is 0.788. The fourth-order valence-corrected chi connectivity index (χ4v) is 1.96. The Balaban J connectivity index is 2.02. The summed E-state index contributed by atoms with van der Waals surface area (Å²) < 4.78 is 7.67. The highest BCUT2D eigenvalue weighted by Crippen LogP contribution is 2.21. The molecule has 106 valence electrons. The van der Waals surface area contributed by atoms with Crippen molar-refractivity contribution in [2.45, 2.75) is 26.3 Å². The van der Waals surface area contributed by atoms with Crippen LogP contribution >= 0.6 is 0 Å². The van der Waals surface area contributed by atoms with Crippen molar-refractivity contribution in [3.05, 3.63) is 48.0 Å². The van der Waals surface area contributed by atoms with Crippen LogP contribution in [0.25, 0.3) is 0 Å². The predicted molar refractivity (Wildman–Crippen MR) is 74.9 cm³/mol. The second-order valence-corrected chi connectivity index (χ2v) is 4.69. The Bertz CT molecular complexity index is 565. The van der Waals surface area contributed by atoms with Gasteiger partial charge in [-0.25, -0.2) is 4.98 Å². The topological polar surface area (TPSA) is 64.3 Å². The number of benzene rings is 1. The highest BCUT2D eigenvalue weighted by molar-refractivity contribution is 5.66. The molecule has 1 aromatic heterocycles. The van der Waals surface area contributed by atoms with E-state index in [2.05, 4.69) is 11.1 Å². The average molecular weight is 274 g/mol. The maximum Gasteiger partial charge on any atom is 0.303 e. The van der Waals surface area contributed by atoms with Crippen molar-refractivity contribution in [3.8, 4) is 5.75 Å². The summed E-state index contributed by atoms with van der Waals surface area (Å²) in [5.41, 5.74) is 2.23. The van der Waals surface area contributed by atoms with Crippen LogP contribution in [0.1, 0.15) is 24.0 Å². The third kappa shape index (κ3) is 4.12. The Morgan fingerprint density at radius 1 is 1.45 bits per heavy atom. The van der Waals surface area contributed by atoms with Crippen molar-refractivity contribution in [3.63, 3.8) is 0 Å². The zero-order valence-corrected chi connectivity index (χ0v) is 11.5. The van der Waals surface area contributed by atoms with E-state index in [0.29, 0.717) is 19.6 Å². The van der Waals surface area contributed by atoms with E-state index < -0.39 is 5.97 Å². The SMILES string of the molecule is Cc1ccc(OCCCC(=O)O)c(Cn2ccnc2)c1. The van der Waals surface area contributed by atoms with Gasteiger partial charge in [-0.1, -0.05) is 17.7 Å². The highest BCUT2D eigenvalue weighted by Gasteiger charge is 2.06. The van der Waals surface area contributed by atoms with E-state index in [1.54, 1.807) is 12.5 Å². The zero-order chi connectivity index (χ0) is 14.4. The molecule has 0 atom stereocenters. The van der Waals surface area contributed by atoms with Crippen molar-refractivity contribution in [1.29, 1.82) is 0 Å². The maximum atomic E-state index is 10.5. The summed E-state index contributed by atoms with van der Waals surface area (Å²) in [4.78, 5) is 14.5. The van der Waals surface area contributed by atoms with E-state index in [4.69, 9.17) is 9.84 Å². The fourth-order valence-electron chi connectivity index (χ4n) is 1.96. The Hall–Kier alpha value is -2.30. The second kappa shape index (κ2) is 6.75. The number of hydrogen-bond acceptors (Lipinski definition) is 3. The molecule has 0 saturated heterocycles. The van der Waals surface area contributed by atoms with Gasteiger partial charge in [0.25, 0.3) is 0 Å². The number of ether oxygens (including phenoxy) is 1. The van der Waals surface area contributed by atoms with Crippen LogP contribution in [0.15, 0.2) is 36.9 Å². The van der Waals surface area contributed by atoms with Crippen molar-refractivity contribution >= 4 is 5.97 Å². The Labute approximate surface area is 117 Å². The number of aliphatic carboxylic acids is 1. The van der Waals surface area contributed by atoms with Gasteiger partial charge in [0.1, 0.15) is 5.75 Å². The first-order valence-corrected chi connectivity index (χ1v) is 6.55. The van der Waals surface area contributed by atoms with Crippen LogP contribution in [0, 0.1) is 6.92 Å².